The van der Waals surface area contributed by atoms with E-state index in [0.29, 0.717) is 5.92 Å². The number of hydrogen-bond donors (Lipinski definition) is 1. The molecule has 0 aliphatic heterocycles. The molecule has 0 aromatic heterocycles. The number of ether oxygens (including phenoxy) is 1. The molecule has 1 saturated carbocycles. The molecule has 0 radical (unpaired) electrons. The first kappa shape index (κ1) is 11.0. The van der Waals surface area contributed by atoms with Gasteiger partial charge in [0.25, 0.3) is 0 Å². The minimum absolute atomic E-state index is 0.0154. The topological polar surface area (TPSA) is 29.5 Å². The molecular formula is C11H22O2. The highest BCUT2D eigenvalue weighted by atomic mass is 16.5. The molecule has 2 unspecified atom stereocenters. The third kappa shape index (κ3) is 2.96. The molecule has 2 heteroatoms. The highest BCUT2D eigenvalue weighted by Crippen LogP contribution is 2.31. The van der Waals surface area contributed by atoms with E-state index in [0.717, 1.165) is 18.8 Å². The van der Waals surface area contributed by atoms with Crippen molar-refractivity contribution in [3.63, 3.8) is 0 Å². The summed E-state index contributed by atoms with van der Waals surface area (Å²) in [4.78, 5) is 0. The average molecular weight is 186 g/mol. The molecular weight excluding hydrogens is 164 g/mol. The fourth-order valence-electron chi connectivity index (χ4n) is 2.15. The van der Waals surface area contributed by atoms with Crippen molar-refractivity contribution in [1.29, 1.82) is 0 Å². The van der Waals surface area contributed by atoms with Crippen LogP contribution in [0.4, 0.5) is 0 Å². The van der Waals surface area contributed by atoms with Gasteiger partial charge in [-0.2, -0.15) is 0 Å². The molecule has 13 heavy (non-hydrogen) atoms. The molecule has 0 aromatic rings. The van der Waals surface area contributed by atoms with Crippen molar-refractivity contribution in [1.82, 2.24) is 0 Å². The Balaban J connectivity index is 2.35. The minimum Gasteiger partial charge on any atom is -0.390 e. The lowest BCUT2D eigenvalue weighted by atomic mass is 9.79. The number of hydrogen-bond acceptors (Lipinski definition) is 2. The number of methoxy groups -OCH3 is 1. The van der Waals surface area contributed by atoms with Crippen LogP contribution in [0.15, 0.2) is 0 Å². The fourth-order valence-corrected chi connectivity index (χ4v) is 2.15. The maximum atomic E-state index is 9.90. The second kappa shape index (κ2) is 4.97. The van der Waals surface area contributed by atoms with Crippen LogP contribution in [0.1, 0.15) is 39.5 Å². The monoisotopic (exact) mass is 186 g/mol. The molecule has 2 nitrogen and oxygen atoms in total. The molecule has 0 heterocycles. The second-order valence-electron chi connectivity index (χ2n) is 4.45. The van der Waals surface area contributed by atoms with Gasteiger partial charge < -0.3 is 9.84 Å². The van der Waals surface area contributed by atoms with Crippen LogP contribution >= 0.6 is 0 Å². The Morgan fingerprint density at radius 2 is 1.77 bits per heavy atom. The van der Waals surface area contributed by atoms with E-state index in [9.17, 15) is 5.11 Å². The molecule has 1 rings (SSSR count). The molecule has 0 bridgehead atoms. The van der Waals surface area contributed by atoms with E-state index in [-0.39, 0.29) is 12.2 Å². The first-order valence-corrected chi connectivity index (χ1v) is 5.36. The molecule has 1 N–H and O–H groups in total. The first-order valence-electron chi connectivity index (χ1n) is 5.36. The van der Waals surface area contributed by atoms with Crippen LogP contribution < -0.4 is 0 Å². The van der Waals surface area contributed by atoms with Gasteiger partial charge in [0, 0.05) is 7.11 Å². The summed E-state index contributed by atoms with van der Waals surface area (Å²) in [6.45, 7) is 4.24. The van der Waals surface area contributed by atoms with Crippen LogP contribution in [0, 0.1) is 11.8 Å². The largest absolute Gasteiger partial charge is 0.390 e. The summed E-state index contributed by atoms with van der Waals surface area (Å²) < 4.78 is 5.14. The van der Waals surface area contributed by atoms with E-state index in [1.807, 2.05) is 6.92 Å². The molecule has 0 aromatic carbocycles. The van der Waals surface area contributed by atoms with Gasteiger partial charge in [-0.1, -0.05) is 19.8 Å². The fraction of sp³-hybridized carbons (Fsp3) is 1.00. The molecule has 78 valence electrons. The van der Waals surface area contributed by atoms with Gasteiger partial charge in [0.2, 0.25) is 0 Å². The Morgan fingerprint density at radius 1 is 1.23 bits per heavy atom. The summed E-state index contributed by atoms with van der Waals surface area (Å²) in [5.41, 5.74) is 0. The Kier molecular flexibility index (Phi) is 4.20. The molecule has 1 fully saturated rings. The Labute approximate surface area is 81.3 Å². The first-order chi connectivity index (χ1) is 6.15. The summed E-state index contributed by atoms with van der Waals surface area (Å²) in [5.74, 6) is 1.31. The SMILES string of the molecule is COC(C)C(O)C1CCC(C)CC1. The minimum atomic E-state index is -0.266. The van der Waals surface area contributed by atoms with Crippen molar-refractivity contribution < 1.29 is 9.84 Å². The Bertz CT molecular complexity index is 139. The van der Waals surface area contributed by atoms with Gasteiger partial charge in [0.05, 0.1) is 12.2 Å². The van der Waals surface area contributed by atoms with Crippen LogP contribution in [0.2, 0.25) is 0 Å². The highest BCUT2D eigenvalue weighted by molar-refractivity contribution is 4.79. The van der Waals surface area contributed by atoms with Crippen molar-refractivity contribution in [3.05, 3.63) is 0 Å². The van der Waals surface area contributed by atoms with Gasteiger partial charge in [0.1, 0.15) is 0 Å². The lowest BCUT2D eigenvalue weighted by Gasteiger charge is -2.32. The molecule has 0 saturated heterocycles. The summed E-state index contributed by atoms with van der Waals surface area (Å²) in [6, 6.07) is 0. The molecule has 2 atom stereocenters. The molecule has 0 amide bonds. The van der Waals surface area contributed by atoms with Crippen LogP contribution in [0.3, 0.4) is 0 Å². The molecule has 1 aliphatic rings. The van der Waals surface area contributed by atoms with Crippen LogP contribution in [-0.4, -0.2) is 24.4 Å². The summed E-state index contributed by atoms with van der Waals surface area (Å²) in [6.07, 6.45) is 4.57. The lowest BCUT2D eigenvalue weighted by molar-refractivity contribution is -0.0423. The van der Waals surface area contributed by atoms with Crippen molar-refractivity contribution in [2.45, 2.75) is 51.7 Å². The number of aliphatic hydroxyl groups is 1. The predicted octanol–water partition coefficient (Wildman–Crippen LogP) is 2.21. The normalized spacial score (nSPS) is 34.2. The van der Waals surface area contributed by atoms with Gasteiger partial charge in [-0.15, -0.1) is 0 Å². The maximum absolute atomic E-state index is 9.90. The zero-order valence-electron chi connectivity index (χ0n) is 8.99. The average Bonchev–Trinajstić information content (AvgIpc) is 2.17. The van der Waals surface area contributed by atoms with Crippen molar-refractivity contribution >= 4 is 0 Å². The van der Waals surface area contributed by atoms with Crippen LogP contribution in [-0.2, 0) is 4.74 Å². The van der Waals surface area contributed by atoms with E-state index in [1.54, 1.807) is 7.11 Å². The second-order valence-corrected chi connectivity index (χ2v) is 4.45. The van der Waals surface area contributed by atoms with Gasteiger partial charge in [-0.05, 0) is 31.6 Å². The van der Waals surface area contributed by atoms with Gasteiger partial charge >= 0.3 is 0 Å². The maximum Gasteiger partial charge on any atom is 0.0827 e. The van der Waals surface area contributed by atoms with E-state index in [4.69, 9.17) is 4.74 Å². The lowest BCUT2D eigenvalue weighted by Crippen LogP contribution is -2.34. The van der Waals surface area contributed by atoms with E-state index >= 15 is 0 Å². The van der Waals surface area contributed by atoms with Crippen molar-refractivity contribution in [2.75, 3.05) is 7.11 Å². The van der Waals surface area contributed by atoms with Crippen LogP contribution in [0.25, 0.3) is 0 Å². The summed E-state index contributed by atoms with van der Waals surface area (Å²) >= 11 is 0. The summed E-state index contributed by atoms with van der Waals surface area (Å²) in [5, 5.41) is 9.90. The number of aliphatic hydroxyl groups excluding tert-OH is 1. The summed E-state index contributed by atoms with van der Waals surface area (Å²) in [7, 11) is 1.67. The third-order valence-electron chi connectivity index (χ3n) is 3.40. The van der Waals surface area contributed by atoms with Gasteiger partial charge in [-0.25, -0.2) is 0 Å². The standard InChI is InChI=1S/C11H22O2/c1-8-4-6-10(7-5-8)11(12)9(2)13-3/h8-12H,4-7H2,1-3H3. The van der Waals surface area contributed by atoms with Crippen LogP contribution in [0.5, 0.6) is 0 Å². The predicted molar refractivity (Wildman–Crippen MR) is 53.6 cm³/mol. The molecule has 0 spiro atoms. The smallest absolute Gasteiger partial charge is 0.0827 e. The third-order valence-corrected chi connectivity index (χ3v) is 3.40. The Morgan fingerprint density at radius 3 is 2.23 bits per heavy atom. The quantitative estimate of drug-likeness (QED) is 0.732. The van der Waals surface area contributed by atoms with Gasteiger partial charge in [0.15, 0.2) is 0 Å². The highest BCUT2D eigenvalue weighted by Gasteiger charge is 2.27. The molecule has 1 aliphatic carbocycles. The van der Waals surface area contributed by atoms with Crippen molar-refractivity contribution in [2.24, 2.45) is 11.8 Å². The zero-order valence-corrected chi connectivity index (χ0v) is 8.99. The Hall–Kier alpha value is -0.0800. The van der Waals surface area contributed by atoms with E-state index in [1.165, 1.54) is 12.8 Å². The zero-order chi connectivity index (χ0) is 9.84. The van der Waals surface area contributed by atoms with Crippen molar-refractivity contribution in [3.8, 4) is 0 Å². The van der Waals surface area contributed by atoms with E-state index in [2.05, 4.69) is 6.92 Å². The van der Waals surface area contributed by atoms with E-state index < -0.39 is 0 Å². The van der Waals surface area contributed by atoms with Gasteiger partial charge in [-0.3, -0.25) is 0 Å². The number of rotatable bonds is 3.